The molecule has 0 spiro atoms. The van der Waals surface area contributed by atoms with Crippen molar-refractivity contribution in [3.05, 3.63) is 0 Å². The molecule has 0 fully saturated rings. The van der Waals surface area contributed by atoms with Crippen molar-refractivity contribution < 1.29 is 207 Å². The van der Waals surface area contributed by atoms with Gasteiger partial charge in [-0.15, -0.1) is 74.4 Å². The average molecular weight is 1080 g/mol. The quantitative estimate of drug-likeness (QED) is 0.0188. The van der Waals surface area contributed by atoms with Crippen molar-refractivity contribution in [2.24, 2.45) is 78.0 Å². The Labute approximate surface area is 503 Å². The van der Waals surface area contributed by atoms with Crippen LogP contribution in [0.25, 0.3) is 0 Å². The first-order chi connectivity index (χ1) is 22.8. The number of aliphatic carboxylic acids is 4. The van der Waals surface area contributed by atoms with Crippen LogP contribution in [0.4, 0.5) is 0 Å². The summed E-state index contributed by atoms with van der Waals surface area (Å²) in [6, 6.07) is -3.42. The SMILES string of the molecule is Cl.Cl.Cl.Cl.Cl.Cl.NC(N)=NCCC[C@H](N)C(=O)O.NC(N)=NCCC[C@H](N)C(=O)[O-].NC(N)=NCCC[C@H](N)C(=O)[O-].NCCC[C@H](N)C(=O)O.O=P([O-])([O-])[O-].[Na+].[Na+].[Na+].[Na+].[Na+]. The number of carbonyl (C=O) groups is 4. The van der Waals surface area contributed by atoms with Gasteiger partial charge in [0, 0.05) is 31.7 Å². The van der Waals surface area contributed by atoms with Gasteiger partial charge in [0.1, 0.15) is 12.1 Å². The van der Waals surface area contributed by atoms with E-state index in [2.05, 4.69) is 15.0 Å². The van der Waals surface area contributed by atoms with E-state index in [1.807, 2.05) is 0 Å². The van der Waals surface area contributed by atoms with Gasteiger partial charge in [0.2, 0.25) is 0 Å². The van der Waals surface area contributed by atoms with Crippen molar-refractivity contribution in [1.29, 1.82) is 0 Å². The largest absolute Gasteiger partial charge is 1.00 e. The van der Waals surface area contributed by atoms with Crippen LogP contribution in [0.3, 0.4) is 0 Å². The molecule has 0 amide bonds. The Kier molecular flexibility index (Phi) is 133. The van der Waals surface area contributed by atoms with Crippen LogP contribution < -0.4 is 236 Å². The second kappa shape index (κ2) is 73.9. The predicted octanol–water partition coefficient (Wildman–Crippen LogP) is -23.5. The van der Waals surface area contributed by atoms with Crippen molar-refractivity contribution in [3.8, 4) is 0 Å². The van der Waals surface area contributed by atoms with Gasteiger partial charge in [-0.2, -0.15) is 7.82 Å². The third-order valence-electron chi connectivity index (χ3n) is 4.86. The van der Waals surface area contributed by atoms with Crippen LogP contribution in [0.5, 0.6) is 0 Å². The molecule has 0 aromatic heterocycles. The zero-order valence-electron chi connectivity index (χ0n) is 34.9. The number of hydrogen-bond acceptors (Lipinski definition) is 18. The molecule has 0 unspecified atom stereocenters. The maximum absolute atomic E-state index is 10.2. The molecule has 0 aromatic carbocycles. The van der Waals surface area contributed by atoms with Crippen LogP contribution >= 0.6 is 82.3 Å². The fraction of sp³-hybridized carbons (Fsp3) is 0.696. The standard InChI is InChI=1S/3C6H14N4O2.C5H12N2O2.6ClH.5Na.H3O4P/c3*7-4(5(11)12)2-1-3-10-6(8)9;6-3-1-2-4(7)5(8)9;;;;;;;;;;;;1-5(2,3)4/h3*4H,1-3,7H2,(H,11,12)(H4,8,9,10);4H,1-3,6-7H2,(H,8,9);6*1H;;;;;;(H3,1,2,3,4)/q;;;;;;;;;;5*+1;/p-5/t4*4-;;;;;;;;;;;;/m0000............/s1. The molecule has 0 aliphatic rings. The van der Waals surface area contributed by atoms with E-state index in [0.29, 0.717) is 77.5 Å². The van der Waals surface area contributed by atoms with Crippen molar-refractivity contribution in [2.75, 3.05) is 26.2 Å². The van der Waals surface area contributed by atoms with E-state index >= 15 is 0 Å². The van der Waals surface area contributed by atoms with Crippen LogP contribution in [-0.4, -0.2) is 102 Å². The van der Waals surface area contributed by atoms with Gasteiger partial charge in [-0.05, 0) is 57.9 Å². The molecule has 0 saturated carbocycles. The maximum atomic E-state index is 10.2. The van der Waals surface area contributed by atoms with Gasteiger partial charge < -0.3 is 112 Å². The van der Waals surface area contributed by atoms with Crippen LogP contribution in [0.15, 0.2) is 15.0 Å². The van der Waals surface area contributed by atoms with Gasteiger partial charge in [-0.3, -0.25) is 24.6 Å². The van der Waals surface area contributed by atoms with Crippen molar-refractivity contribution in [3.63, 3.8) is 0 Å². The van der Waals surface area contributed by atoms with E-state index < -0.39 is 55.9 Å². The number of carboxylic acids is 4. The Morgan fingerprint density at radius 1 is 0.475 bits per heavy atom. The molecule has 24 N–H and O–H groups in total. The van der Waals surface area contributed by atoms with Crippen molar-refractivity contribution >= 4 is 124 Å². The maximum Gasteiger partial charge on any atom is 1.00 e. The van der Waals surface area contributed by atoms with Gasteiger partial charge >= 0.3 is 160 Å². The summed E-state index contributed by atoms with van der Waals surface area (Å²) in [6.45, 7) is 1.71. The molecular weight excluding hydrogens is 1020 g/mol. The molecule has 0 heterocycles. The number of nitrogens with zero attached hydrogens (tertiary/aromatic N) is 3. The zero-order valence-corrected chi connectivity index (χ0v) is 50.7. The number of phosphoric acid groups is 1. The first-order valence-electron chi connectivity index (χ1n) is 14.3. The predicted molar refractivity (Wildman–Crippen MR) is 216 cm³/mol. The first kappa shape index (κ1) is 110. The van der Waals surface area contributed by atoms with E-state index in [9.17, 15) is 29.4 Å². The fourth-order valence-corrected chi connectivity index (χ4v) is 2.38. The summed E-state index contributed by atoms with van der Waals surface area (Å²) in [5.74, 6) is -4.45. The number of hydrogen-bond donors (Lipinski definition) is 13. The third-order valence-corrected chi connectivity index (χ3v) is 4.86. The van der Waals surface area contributed by atoms with Gasteiger partial charge in [0.05, 0.1) is 11.9 Å². The second-order valence-electron chi connectivity index (χ2n) is 9.47. The van der Waals surface area contributed by atoms with Crippen LogP contribution in [0.1, 0.15) is 51.4 Å². The molecule has 38 heteroatoms. The van der Waals surface area contributed by atoms with Gasteiger partial charge in [0.15, 0.2) is 17.9 Å². The summed E-state index contributed by atoms with van der Waals surface area (Å²) in [4.78, 5) is 77.1. The summed E-state index contributed by atoms with van der Waals surface area (Å²) < 4.78 is 8.55. The van der Waals surface area contributed by atoms with E-state index in [1.54, 1.807) is 0 Å². The number of nitrogens with two attached hydrogens (primary N) is 11. The Hall–Kier alpha value is 2.34. The molecular formula is C23H58Cl6N14Na5O12P. The smallest absolute Gasteiger partial charge is 0.822 e. The van der Waals surface area contributed by atoms with Crippen molar-refractivity contribution in [1.82, 2.24) is 0 Å². The normalized spacial score (nSPS) is 10.0. The van der Waals surface area contributed by atoms with E-state index in [4.69, 9.17) is 92.5 Å². The molecule has 0 aliphatic heterocycles. The Balaban J connectivity index is -0.0000000289. The molecule has 0 aromatic rings. The summed E-state index contributed by atoms with van der Waals surface area (Å²) >= 11 is 0. The number of carboxylic acid groups (broad SMARTS) is 4. The van der Waals surface area contributed by atoms with Gasteiger partial charge in [0.25, 0.3) is 0 Å². The first-order valence-corrected chi connectivity index (χ1v) is 15.7. The van der Waals surface area contributed by atoms with Crippen LogP contribution in [0, 0.1) is 0 Å². The summed E-state index contributed by atoms with van der Waals surface area (Å²) in [6.07, 6.45) is 3.80. The monoisotopic (exact) mass is 1080 g/mol. The number of guanidine groups is 3. The average Bonchev–Trinajstić information content (AvgIpc) is 2.97. The Morgan fingerprint density at radius 3 is 0.803 bits per heavy atom. The minimum absolute atomic E-state index is 0. The number of aliphatic imine (C=N–C) groups is 3. The number of halogens is 6. The molecule has 26 nitrogen and oxygen atoms in total. The molecule has 4 atom stereocenters. The molecule has 0 saturated heterocycles. The molecule has 344 valence electrons. The third kappa shape index (κ3) is 121. The number of carbonyl (C=O) groups excluding carboxylic acids is 2. The molecule has 0 bridgehead atoms. The van der Waals surface area contributed by atoms with E-state index in [-0.39, 0.29) is 240 Å². The molecule has 0 rings (SSSR count). The molecule has 0 radical (unpaired) electrons. The minimum Gasteiger partial charge on any atom is -0.822 e. The molecule has 61 heavy (non-hydrogen) atoms. The van der Waals surface area contributed by atoms with Crippen LogP contribution in [0.2, 0.25) is 0 Å². The van der Waals surface area contributed by atoms with Gasteiger partial charge in [-0.25, -0.2) is 0 Å². The molecule has 0 aliphatic carbocycles. The van der Waals surface area contributed by atoms with Crippen molar-refractivity contribution in [2.45, 2.75) is 75.5 Å². The fourth-order valence-electron chi connectivity index (χ4n) is 2.38. The minimum atomic E-state index is -5.39. The Bertz CT molecular complexity index is 1020. The Morgan fingerprint density at radius 2 is 0.656 bits per heavy atom. The van der Waals surface area contributed by atoms with E-state index in [1.165, 1.54) is 0 Å². The van der Waals surface area contributed by atoms with Crippen LogP contribution in [-0.2, 0) is 23.7 Å². The van der Waals surface area contributed by atoms with E-state index in [0.717, 1.165) is 0 Å². The summed E-state index contributed by atoms with van der Waals surface area (Å²) in [7, 11) is -5.39. The summed E-state index contributed by atoms with van der Waals surface area (Å²) in [5, 5.41) is 36.8. The number of rotatable bonds is 19. The second-order valence-corrected chi connectivity index (χ2v) is 10.4. The summed E-state index contributed by atoms with van der Waals surface area (Å²) in [5.41, 5.74) is 56.1. The topological polar surface area (TPSA) is 564 Å². The van der Waals surface area contributed by atoms with Gasteiger partial charge in [-0.1, -0.05) is 0 Å². The zero-order chi connectivity index (χ0) is 40.5.